The molecule has 13 heavy (non-hydrogen) atoms. The third-order valence-corrected chi connectivity index (χ3v) is 2.98. The highest BCUT2D eigenvalue weighted by Gasteiger charge is 2.33. The molecule has 1 fully saturated rings. The summed E-state index contributed by atoms with van der Waals surface area (Å²) >= 11 is 0. The minimum absolute atomic E-state index is 0.608. The standard InChI is InChI=1S/C10H16N2O/c1-12-9(5-8-11-12)10(13)6-3-2-4-7-10/h5,8,13H,2-4,6-7H2,1H3. The van der Waals surface area contributed by atoms with E-state index in [2.05, 4.69) is 5.10 Å². The third kappa shape index (κ3) is 1.48. The van der Waals surface area contributed by atoms with Crippen LogP contribution in [0.3, 0.4) is 0 Å². The van der Waals surface area contributed by atoms with Gasteiger partial charge in [-0.25, -0.2) is 0 Å². The van der Waals surface area contributed by atoms with Crippen LogP contribution in [0.1, 0.15) is 37.8 Å². The van der Waals surface area contributed by atoms with Crippen molar-refractivity contribution >= 4 is 0 Å². The summed E-state index contributed by atoms with van der Waals surface area (Å²) in [4.78, 5) is 0. The highest BCUT2D eigenvalue weighted by Crippen LogP contribution is 2.36. The second-order valence-corrected chi connectivity index (χ2v) is 3.93. The van der Waals surface area contributed by atoms with E-state index < -0.39 is 5.60 Å². The average molecular weight is 180 g/mol. The lowest BCUT2D eigenvalue weighted by Crippen LogP contribution is -2.30. The van der Waals surface area contributed by atoms with E-state index >= 15 is 0 Å². The van der Waals surface area contributed by atoms with Crippen LogP contribution in [0.25, 0.3) is 0 Å². The Labute approximate surface area is 78.4 Å². The van der Waals surface area contributed by atoms with Gasteiger partial charge in [0.05, 0.1) is 5.69 Å². The highest BCUT2D eigenvalue weighted by atomic mass is 16.3. The molecular weight excluding hydrogens is 164 g/mol. The molecule has 72 valence electrons. The highest BCUT2D eigenvalue weighted by molar-refractivity contribution is 5.12. The van der Waals surface area contributed by atoms with Gasteiger partial charge in [0.2, 0.25) is 0 Å². The summed E-state index contributed by atoms with van der Waals surface area (Å²) in [7, 11) is 1.89. The van der Waals surface area contributed by atoms with Gasteiger partial charge < -0.3 is 5.11 Å². The van der Waals surface area contributed by atoms with Crippen LogP contribution in [-0.2, 0) is 12.6 Å². The molecule has 0 aromatic carbocycles. The van der Waals surface area contributed by atoms with E-state index in [0.29, 0.717) is 0 Å². The molecule has 1 aromatic rings. The van der Waals surface area contributed by atoms with Crippen molar-refractivity contribution in [2.24, 2.45) is 7.05 Å². The third-order valence-electron chi connectivity index (χ3n) is 2.98. The van der Waals surface area contributed by atoms with Crippen LogP contribution in [0, 0.1) is 0 Å². The Kier molecular flexibility index (Phi) is 2.12. The van der Waals surface area contributed by atoms with E-state index in [1.54, 1.807) is 10.9 Å². The molecule has 0 amide bonds. The van der Waals surface area contributed by atoms with Crippen LogP contribution in [0.15, 0.2) is 12.3 Å². The molecule has 1 saturated carbocycles. The van der Waals surface area contributed by atoms with Gasteiger partial charge in [0.15, 0.2) is 0 Å². The van der Waals surface area contributed by atoms with Crippen molar-refractivity contribution in [3.63, 3.8) is 0 Å². The molecule has 3 nitrogen and oxygen atoms in total. The smallest absolute Gasteiger partial charge is 0.106 e. The summed E-state index contributed by atoms with van der Waals surface area (Å²) in [5.74, 6) is 0. The maximum atomic E-state index is 10.4. The van der Waals surface area contributed by atoms with Gasteiger partial charge in [-0.1, -0.05) is 19.3 Å². The van der Waals surface area contributed by atoms with Gasteiger partial charge in [-0.05, 0) is 18.9 Å². The van der Waals surface area contributed by atoms with Crippen molar-refractivity contribution < 1.29 is 5.11 Å². The van der Waals surface area contributed by atoms with Gasteiger partial charge in [0.25, 0.3) is 0 Å². The van der Waals surface area contributed by atoms with E-state index in [1.165, 1.54) is 6.42 Å². The molecule has 0 spiro atoms. The Bertz CT molecular complexity index is 287. The quantitative estimate of drug-likeness (QED) is 0.712. The van der Waals surface area contributed by atoms with Crippen LogP contribution in [0.4, 0.5) is 0 Å². The van der Waals surface area contributed by atoms with Gasteiger partial charge in [-0.15, -0.1) is 0 Å². The van der Waals surface area contributed by atoms with Crippen molar-refractivity contribution in [1.29, 1.82) is 0 Å². The first kappa shape index (κ1) is 8.75. The number of nitrogens with zero attached hydrogens (tertiary/aromatic N) is 2. The molecule has 1 aliphatic rings. The fourth-order valence-electron chi connectivity index (χ4n) is 2.22. The van der Waals surface area contributed by atoms with E-state index in [-0.39, 0.29) is 0 Å². The number of hydrogen-bond acceptors (Lipinski definition) is 2. The minimum Gasteiger partial charge on any atom is -0.384 e. The normalized spacial score (nSPS) is 21.7. The first-order chi connectivity index (χ1) is 6.22. The first-order valence-electron chi connectivity index (χ1n) is 4.93. The van der Waals surface area contributed by atoms with E-state index in [0.717, 1.165) is 31.4 Å². The lowest BCUT2D eigenvalue weighted by Gasteiger charge is -2.31. The minimum atomic E-state index is -0.608. The molecule has 3 heteroatoms. The van der Waals surface area contributed by atoms with Crippen LogP contribution >= 0.6 is 0 Å². The Hall–Kier alpha value is -0.830. The number of rotatable bonds is 1. The van der Waals surface area contributed by atoms with Crippen molar-refractivity contribution in [2.45, 2.75) is 37.7 Å². The summed E-state index contributed by atoms with van der Waals surface area (Å²) < 4.78 is 1.78. The summed E-state index contributed by atoms with van der Waals surface area (Å²) in [6, 6.07) is 1.92. The molecule has 2 rings (SSSR count). The maximum Gasteiger partial charge on any atom is 0.106 e. The number of aromatic nitrogens is 2. The summed E-state index contributed by atoms with van der Waals surface area (Å²) in [5, 5.41) is 14.4. The van der Waals surface area contributed by atoms with Gasteiger partial charge in [-0.2, -0.15) is 5.10 Å². The Morgan fingerprint density at radius 3 is 2.62 bits per heavy atom. The molecular formula is C10H16N2O. The van der Waals surface area contributed by atoms with Gasteiger partial charge >= 0.3 is 0 Å². The van der Waals surface area contributed by atoms with Crippen LogP contribution in [-0.4, -0.2) is 14.9 Å². The molecule has 1 heterocycles. The SMILES string of the molecule is Cn1nccc1C1(O)CCCCC1. The second kappa shape index (κ2) is 3.14. The molecule has 0 bridgehead atoms. The van der Waals surface area contributed by atoms with Crippen molar-refractivity contribution in [3.8, 4) is 0 Å². The van der Waals surface area contributed by atoms with Crippen LogP contribution < -0.4 is 0 Å². The second-order valence-electron chi connectivity index (χ2n) is 3.93. The summed E-state index contributed by atoms with van der Waals surface area (Å²) in [6.07, 6.45) is 7.02. The largest absolute Gasteiger partial charge is 0.384 e. The maximum absolute atomic E-state index is 10.4. The Morgan fingerprint density at radius 2 is 2.08 bits per heavy atom. The average Bonchev–Trinajstić information content (AvgIpc) is 2.53. The van der Waals surface area contributed by atoms with Gasteiger partial charge in [0.1, 0.15) is 5.60 Å². The number of aryl methyl sites for hydroxylation is 1. The lowest BCUT2D eigenvalue weighted by molar-refractivity contribution is -0.00792. The number of aliphatic hydroxyl groups is 1. The van der Waals surface area contributed by atoms with Crippen LogP contribution in [0.2, 0.25) is 0 Å². The summed E-state index contributed by atoms with van der Waals surface area (Å²) in [5.41, 5.74) is 0.357. The lowest BCUT2D eigenvalue weighted by atomic mass is 9.82. The molecule has 1 aromatic heterocycles. The molecule has 0 radical (unpaired) electrons. The molecule has 0 unspecified atom stereocenters. The van der Waals surface area contributed by atoms with Crippen molar-refractivity contribution in [2.75, 3.05) is 0 Å². The van der Waals surface area contributed by atoms with Gasteiger partial charge in [0, 0.05) is 13.2 Å². The fraction of sp³-hybridized carbons (Fsp3) is 0.700. The molecule has 0 atom stereocenters. The zero-order chi connectivity index (χ0) is 9.31. The fourth-order valence-corrected chi connectivity index (χ4v) is 2.22. The summed E-state index contributed by atoms with van der Waals surface area (Å²) in [6.45, 7) is 0. The Balaban J connectivity index is 2.27. The van der Waals surface area contributed by atoms with E-state index in [4.69, 9.17) is 0 Å². The van der Waals surface area contributed by atoms with E-state index in [9.17, 15) is 5.11 Å². The molecule has 1 N–H and O–H groups in total. The molecule has 1 aliphatic carbocycles. The molecule has 0 aliphatic heterocycles. The Morgan fingerprint density at radius 1 is 1.38 bits per heavy atom. The topological polar surface area (TPSA) is 38.0 Å². The van der Waals surface area contributed by atoms with Crippen molar-refractivity contribution in [3.05, 3.63) is 18.0 Å². The predicted octanol–water partition coefficient (Wildman–Crippen LogP) is 1.57. The number of hydrogen-bond donors (Lipinski definition) is 1. The molecule has 0 saturated heterocycles. The predicted molar refractivity (Wildman–Crippen MR) is 50.2 cm³/mol. The monoisotopic (exact) mass is 180 g/mol. The van der Waals surface area contributed by atoms with Crippen molar-refractivity contribution in [1.82, 2.24) is 9.78 Å². The first-order valence-corrected chi connectivity index (χ1v) is 4.93. The zero-order valence-corrected chi connectivity index (χ0v) is 8.03. The van der Waals surface area contributed by atoms with Gasteiger partial charge in [-0.3, -0.25) is 4.68 Å². The van der Waals surface area contributed by atoms with E-state index in [1.807, 2.05) is 13.1 Å². The zero-order valence-electron chi connectivity index (χ0n) is 8.03. The van der Waals surface area contributed by atoms with Crippen LogP contribution in [0.5, 0.6) is 0 Å².